The molecule has 1 aromatic heterocycles. The van der Waals surface area contributed by atoms with Crippen molar-refractivity contribution in [3.8, 4) is 11.1 Å². The summed E-state index contributed by atoms with van der Waals surface area (Å²) >= 11 is 0. The molecule has 1 amide bonds. The highest BCUT2D eigenvalue weighted by Gasteiger charge is 2.34. The second kappa shape index (κ2) is 6.44. The van der Waals surface area contributed by atoms with E-state index in [1.807, 2.05) is 0 Å². The summed E-state index contributed by atoms with van der Waals surface area (Å²) in [5.41, 5.74) is 10.4. The Morgan fingerprint density at radius 2 is 1.94 bits per heavy atom. The zero-order valence-corrected chi connectivity index (χ0v) is 17.4. The van der Waals surface area contributed by atoms with Crippen molar-refractivity contribution in [3.63, 3.8) is 0 Å². The molecule has 154 valence electrons. The maximum Gasteiger partial charge on any atom is 0.252 e. The summed E-state index contributed by atoms with van der Waals surface area (Å²) < 4.78 is 6.01. The molecule has 2 heterocycles. The zero-order valence-electron chi connectivity index (χ0n) is 17.4. The highest BCUT2D eigenvalue weighted by Crippen LogP contribution is 2.47. The number of fused-ring (bicyclic) bond motifs is 10. The first kappa shape index (κ1) is 17.6. The van der Waals surface area contributed by atoms with Gasteiger partial charge in [0.2, 0.25) is 0 Å². The van der Waals surface area contributed by atoms with Gasteiger partial charge in [-0.25, -0.2) is 0 Å². The Hall–Kier alpha value is -3.11. The van der Waals surface area contributed by atoms with Crippen LogP contribution in [0.2, 0.25) is 0 Å². The second-order valence-corrected chi connectivity index (χ2v) is 9.29. The molecule has 1 saturated carbocycles. The fourth-order valence-corrected chi connectivity index (χ4v) is 5.69. The average molecular weight is 409 g/mol. The molecule has 31 heavy (non-hydrogen) atoms. The maximum absolute atomic E-state index is 12.9. The van der Waals surface area contributed by atoms with Crippen LogP contribution in [0.1, 0.15) is 51.9 Å². The minimum Gasteiger partial charge on any atom is -0.376 e. The lowest BCUT2D eigenvalue weighted by Crippen LogP contribution is -2.17. The van der Waals surface area contributed by atoms with Crippen molar-refractivity contribution in [2.24, 2.45) is 5.92 Å². The van der Waals surface area contributed by atoms with Gasteiger partial charge in [-0.2, -0.15) is 0 Å². The quantitative estimate of drug-likeness (QED) is 0.415. The van der Waals surface area contributed by atoms with Gasteiger partial charge in [0.1, 0.15) is 0 Å². The molecule has 3 aromatic carbocycles. The van der Waals surface area contributed by atoms with Gasteiger partial charge >= 0.3 is 0 Å². The highest BCUT2D eigenvalue weighted by atomic mass is 16.5. The Morgan fingerprint density at radius 3 is 2.81 bits per heavy atom. The number of amides is 1. The molecule has 3 aliphatic rings. The van der Waals surface area contributed by atoms with Crippen LogP contribution in [-0.2, 0) is 24.3 Å². The number of nitrogens with one attached hydrogen (secondary N) is 2. The topological polar surface area (TPSA) is 54.1 Å². The summed E-state index contributed by atoms with van der Waals surface area (Å²) in [6, 6.07) is 15.1. The van der Waals surface area contributed by atoms with Crippen molar-refractivity contribution in [2.45, 2.75) is 38.8 Å². The van der Waals surface area contributed by atoms with Crippen molar-refractivity contribution in [1.82, 2.24) is 10.3 Å². The molecule has 0 atom stereocenters. The minimum atomic E-state index is 0.0548. The molecule has 4 heteroatoms. The molecule has 0 spiro atoms. The Kier molecular flexibility index (Phi) is 3.65. The molecule has 2 N–H and O–H groups in total. The van der Waals surface area contributed by atoms with Crippen LogP contribution in [0.3, 0.4) is 0 Å². The van der Waals surface area contributed by atoms with Crippen LogP contribution < -0.4 is 5.32 Å². The average Bonchev–Trinajstić information content (AvgIpc) is 3.42. The molecular formula is C27H24N2O2. The van der Waals surface area contributed by atoms with E-state index < -0.39 is 0 Å². The van der Waals surface area contributed by atoms with Gasteiger partial charge in [0.05, 0.1) is 17.7 Å². The van der Waals surface area contributed by atoms with Gasteiger partial charge in [-0.05, 0) is 58.7 Å². The molecule has 0 unspecified atom stereocenters. The van der Waals surface area contributed by atoms with E-state index in [1.165, 1.54) is 57.8 Å². The summed E-state index contributed by atoms with van der Waals surface area (Å²) in [5, 5.41) is 5.49. The normalized spacial score (nSPS) is 17.0. The van der Waals surface area contributed by atoms with Crippen LogP contribution >= 0.6 is 0 Å². The Morgan fingerprint density at radius 1 is 1.03 bits per heavy atom. The number of benzene rings is 3. The van der Waals surface area contributed by atoms with E-state index in [1.54, 1.807) is 0 Å². The number of ether oxygens (including phenoxy) is 1. The van der Waals surface area contributed by atoms with E-state index >= 15 is 0 Å². The van der Waals surface area contributed by atoms with Gasteiger partial charge in [0.15, 0.2) is 0 Å². The Labute approximate surface area is 180 Å². The van der Waals surface area contributed by atoms with Crippen LogP contribution in [0.25, 0.3) is 32.9 Å². The number of rotatable bonds is 4. The number of carbonyl (C=O) groups is 1. The lowest BCUT2D eigenvalue weighted by Gasteiger charge is -2.24. The molecule has 0 radical (unpaired) electrons. The van der Waals surface area contributed by atoms with Gasteiger partial charge < -0.3 is 15.0 Å². The Bertz CT molecular complexity index is 1390. The molecule has 4 aromatic rings. The summed E-state index contributed by atoms with van der Waals surface area (Å²) in [4.78, 5) is 16.6. The molecule has 1 fully saturated rings. The minimum absolute atomic E-state index is 0.0548. The van der Waals surface area contributed by atoms with Crippen molar-refractivity contribution in [3.05, 3.63) is 70.3 Å². The van der Waals surface area contributed by atoms with Gasteiger partial charge in [-0.3, -0.25) is 4.79 Å². The molecule has 0 saturated heterocycles. The summed E-state index contributed by atoms with van der Waals surface area (Å²) in [7, 11) is 0. The lowest BCUT2D eigenvalue weighted by molar-refractivity contribution is 0.0597. The third-order valence-corrected chi connectivity index (χ3v) is 7.47. The van der Waals surface area contributed by atoms with Gasteiger partial charge in [0.25, 0.3) is 5.91 Å². The van der Waals surface area contributed by atoms with Crippen LogP contribution in [-0.4, -0.2) is 17.5 Å². The standard InChI is InChI=1S/C27H24N2O2/c30-27-25-21(12-28-27)24-19-10-16(14-31-13-15-4-3-5-15)8-9-22(19)29-26(24)20-11-17-6-1-2-7-18(17)23(20)25/h1-2,6-10,15,29H,3-5,11-14H2,(H,28,30). The van der Waals surface area contributed by atoms with Crippen LogP contribution in [0.5, 0.6) is 0 Å². The molecular weight excluding hydrogens is 384 g/mol. The van der Waals surface area contributed by atoms with Crippen molar-refractivity contribution >= 4 is 27.7 Å². The number of aromatic amines is 1. The maximum atomic E-state index is 12.9. The SMILES string of the molecule is O=C1NCc2c1c1c(c3[nH]c4ccc(COCC5CCC5)cc4c23)Cc2ccccc2-1. The fourth-order valence-electron chi connectivity index (χ4n) is 5.69. The third kappa shape index (κ3) is 2.48. The summed E-state index contributed by atoms with van der Waals surface area (Å²) in [6.45, 7) is 2.11. The first-order valence-corrected chi connectivity index (χ1v) is 11.3. The number of hydrogen-bond acceptors (Lipinski definition) is 2. The number of carbonyl (C=O) groups excluding carboxylic acids is 1. The zero-order chi connectivity index (χ0) is 20.5. The number of hydrogen-bond donors (Lipinski definition) is 2. The highest BCUT2D eigenvalue weighted by molar-refractivity contribution is 6.19. The summed E-state index contributed by atoms with van der Waals surface area (Å²) in [5.74, 6) is 0.806. The molecule has 4 nitrogen and oxygen atoms in total. The molecule has 2 aliphatic carbocycles. The van der Waals surface area contributed by atoms with Gasteiger partial charge in [-0.1, -0.05) is 36.8 Å². The van der Waals surface area contributed by atoms with E-state index in [4.69, 9.17) is 4.74 Å². The Balaban J connectivity index is 1.40. The van der Waals surface area contributed by atoms with Crippen LogP contribution in [0, 0.1) is 5.92 Å². The van der Waals surface area contributed by atoms with E-state index in [0.717, 1.165) is 41.2 Å². The van der Waals surface area contributed by atoms with E-state index in [2.05, 4.69) is 52.8 Å². The molecule has 0 bridgehead atoms. The molecule has 1 aliphatic heterocycles. The predicted molar refractivity (Wildman–Crippen MR) is 122 cm³/mol. The number of H-pyrrole nitrogens is 1. The van der Waals surface area contributed by atoms with E-state index in [-0.39, 0.29) is 5.91 Å². The lowest BCUT2D eigenvalue weighted by atomic mass is 9.86. The first-order chi connectivity index (χ1) is 15.3. The van der Waals surface area contributed by atoms with E-state index in [0.29, 0.717) is 13.2 Å². The second-order valence-electron chi connectivity index (χ2n) is 9.29. The van der Waals surface area contributed by atoms with Gasteiger partial charge in [0, 0.05) is 41.4 Å². The summed E-state index contributed by atoms with van der Waals surface area (Å²) in [6.07, 6.45) is 4.83. The van der Waals surface area contributed by atoms with Crippen molar-refractivity contribution in [2.75, 3.05) is 6.61 Å². The first-order valence-electron chi connectivity index (χ1n) is 11.3. The fraction of sp³-hybridized carbons (Fsp3) is 0.296. The third-order valence-electron chi connectivity index (χ3n) is 7.47. The molecule has 7 rings (SSSR count). The number of aromatic nitrogens is 1. The van der Waals surface area contributed by atoms with Crippen LogP contribution in [0.15, 0.2) is 42.5 Å². The van der Waals surface area contributed by atoms with Crippen molar-refractivity contribution in [1.29, 1.82) is 0 Å². The monoisotopic (exact) mass is 408 g/mol. The van der Waals surface area contributed by atoms with Crippen LogP contribution in [0.4, 0.5) is 0 Å². The smallest absolute Gasteiger partial charge is 0.252 e. The van der Waals surface area contributed by atoms with Gasteiger partial charge in [-0.15, -0.1) is 0 Å². The van der Waals surface area contributed by atoms with E-state index in [9.17, 15) is 4.79 Å². The largest absolute Gasteiger partial charge is 0.376 e. The van der Waals surface area contributed by atoms with Crippen molar-refractivity contribution < 1.29 is 9.53 Å². The predicted octanol–water partition coefficient (Wildman–Crippen LogP) is 5.45.